The number of carbonyl (C=O) groups is 1. The SMILES string of the molecule is Cc1ccc(CNC(=O)c2cc(N)cnc2C)cn1. The van der Waals surface area contributed by atoms with Crippen molar-refractivity contribution >= 4 is 11.6 Å². The summed E-state index contributed by atoms with van der Waals surface area (Å²) < 4.78 is 0. The number of anilines is 1. The normalized spacial score (nSPS) is 10.2. The molecule has 0 atom stereocenters. The van der Waals surface area contributed by atoms with E-state index in [2.05, 4.69) is 15.3 Å². The third kappa shape index (κ3) is 3.28. The molecule has 0 aliphatic carbocycles. The van der Waals surface area contributed by atoms with Crippen LogP contribution in [0.5, 0.6) is 0 Å². The van der Waals surface area contributed by atoms with Gasteiger partial charge in [-0.3, -0.25) is 14.8 Å². The number of hydrogen-bond acceptors (Lipinski definition) is 4. The number of rotatable bonds is 3. The number of nitrogen functional groups attached to an aromatic ring is 1. The number of aryl methyl sites for hydroxylation is 2. The topological polar surface area (TPSA) is 80.9 Å². The summed E-state index contributed by atoms with van der Waals surface area (Å²) in [4.78, 5) is 20.3. The lowest BCUT2D eigenvalue weighted by molar-refractivity contribution is 0.0950. The molecule has 0 bridgehead atoms. The van der Waals surface area contributed by atoms with Crippen molar-refractivity contribution in [3.8, 4) is 0 Å². The number of nitrogens with two attached hydrogens (primary N) is 1. The minimum atomic E-state index is -0.183. The molecule has 2 aromatic rings. The van der Waals surface area contributed by atoms with Gasteiger partial charge in [-0.05, 0) is 31.5 Å². The van der Waals surface area contributed by atoms with E-state index in [0.717, 1.165) is 11.3 Å². The fourth-order valence-corrected chi connectivity index (χ4v) is 1.66. The smallest absolute Gasteiger partial charge is 0.253 e. The summed E-state index contributed by atoms with van der Waals surface area (Å²) in [6.07, 6.45) is 3.29. The largest absolute Gasteiger partial charge is 0.397 e. The van der Waals surface area contributed by atoms with Gasteiger partial charge in [-0.15, -0.1) is 0 Å². The summed E-state index contributed by atoms with van der Waals surface area (Å²) in [5.74, 6) is -0.183. The van der Waals surface area contributed by atoms with Crippen molar-refractivity contribution in [1.29, 1.82) is 0 Å². The van der Waals surface area contributed by atoms with Gasteiger partial charge in [0, 0.05) is 18.4 Å². The van der Waals surface area contributed by atoms with Gasteiger partial charge in [0.25, 0.3) is 5.91 Å². The summed E-state index contributed by atoms with van der Waals surface area (Å²) in [6.45, 7) is 4.13. The summed E-state index contributed by atoms with van der Waals surface area (Å²) in [5.41, 5.74) is 9.18. The molecule has 0 aliphatic rings. The van der Waals surface area contributed by atoms with E-state index in [1.807, 2.05) is 19.1 Å². The van der Waals surface area contributed by atoms with Crippen LogP contribution in [-0.2, 0) is 6.54 Å². The number of aromatic nitrogens is 2. The Hall–Kier alpha value is -2.43. The predicted molar refractivity (Wildman–Crippen MR) is 73.5 cm³/mol. The predicted octanol–water partition coefficient (Wildman–Crippen LogP) is 1.61. The van der Waals surface area contributed by atoms with Crippen LogP contribution >= 0.6 is 0 Å². The van der Waals surface area contributed by atoms with Gasteiger partial charge in [-0.25, -0.2) is 0 Å². The van der Waals surface area contributed by atoms with Gasteiger partial charge in [0.1, 0.15) is 0 Å². The Labute approximate surface area is 111 Å². The molecule has 0 aromatic carbocycles. The number of nitrogens with one attached hydrogen (secondary N) is 1. The molecule has 0 radical (unpaired) electrons. The van der Waals surface area contributed by atoms with Crippen LogP contribution in [0.4, 0.5) is 5.69 Å². The zero-order chi connectivity index (χ0) is 13.8. The second kappa shape index (κ2) is 5.48. The third-order valence-corrected chi connectivity index (χ3v) is 2.78. The second-order valence-electron chi connectivity index (χ2n) is 4.39. The molecule has 2 aromatic heterocycles. The Morgan fingerprint density at radius 2 is 2.05 bits per heavy atom. The quantitative estimate of drug-likeness (QED) is 0.874. The average Bonchev–Trinajstić information content (AvgIpc) is 2.40. The highest BCUT2D eigenvalue weighted by Gasteiger charge is 2.10. The third-order valence-electron chi connectivity index (χ3n) is 2.78. The Kier molecular flexibility index (Phi) is 3.75. The van der Waals surface area contributed by atoms with Gasteiger partial charge in [0.2, 0.25) is 0 Å². The number of carbonyl (C=O) groups excluding carboxylic acids is 1. The first-order valence-corrected chi connectivity index (χ1v) is 5.98. The summed E-state index contributed by atoms with van der Waals surface area (Å²) >= 11 is 0. The van der Waals surface area contributed by atoms with E-state index in [-0.39, 0.29) is 5.91 Å². The maximum absolute atomic E-state index is 12.0. The molecule has 0 fully saturated rings. The van der Waals surface area contributed by atoms with Gasteiger partial charge < -0.3 is 11.1 Å². The number of hydrogen-bond donors (Lipinski definition) is 2. The van der Waals surface area contributed by atoms with Crippen molar-refractivity contribution in [2.24, 2.45) is 0 Å². The van der Waals surface area contributed by atoms with Gasteiger partial charge in [0.15, 0.2) is 0 Å². The summed E-state index contributed by atoms with van der Waals surface area (Å²) in [6, 6.07) is 5.48. The van der Waals surface area contributed by atoms with Crippen molar-refractivity contribution in [3.63, 3.8) is 0 Å². The van der Waals surface area contributed by atoms with Gasteiger partial charge >= 0.3 is 0 Å². The molecule has 5 heteroatoms. The molecule has 3 N–H and O–H groups in total. The van der Waals surface area contributed by atoms with Crippen LogP contribution in [0, 0.1) is 13.8 Å². The minimum absolute atomic E-state index is 0.183. The number of amides is 1. The van der Waals surface area contributed by atoms with E-state index >= 15 is 0 Å². The number of pyridine rings is 2. The van der Waals surface area contributed by atoms with Crippen molar-refractivity contribution < 1.29 is 4.79 Å². The van der Waals surface area contributed by atoms with E-state index in [1.165, 1.54) is 6.20 Å². The van der Waals surface area contributed by atoms with Gasteiger partial charge in [-0.1, -0.05) is 6.07 Å². The molecule has 2 heterocycles. The first-order chi connectivity index (χ1) is 9.06. The van der Waals surface area contributed by atoms with Gasteiger partial charge in [-0.2, -0.15) is 0 Å². The van der Waals surface area contributed by atoms with Crippen LogP contribution in [-0.4, -0.2) is 15.9 Å². The Morgan fingerprint density at radius 3 is 2.74 bits per heavy atom. The van der Waals surface area contributed by atoms with E-state index in [4.69, 9.17) is 5.73 Å². The first-order valence-electron chi connectivity index (χ1n) is 5.98. The molecular formula is C14H16N4O. The van der Waals surface area contributed by atoms with Gasteiger partial charge in [0.05, 0.1) is 23.1 Å². The average molecular weight is 256 g/mol. The Bertz CT molecular complexity index is 593. The van der Waals surface area contributed by atoms with Crippen molar-refractivity contribution in [2.45, 2.75) is 20.4 Å². The maximum atomic E-state index is 12.0. The highest BCUT2D eigenvalue weighted by Crippen LogP contribution is 2.09. The molecule has 0 aliphatic heterocycles. The van der Waals surface area contributed by atoms with Crippen molar-refractivity contribution in [2.75, 3.05) is 5.73 Å². The van der Waals surface area contributed by atoms with Crippen molar-refractivity contribution in [1.82, 2.24) is 15.3 Å². The zero-order valence-corrected chi connectivity index (χ0v) is 11.0. The van der Waals surface area contributed by atoms with Crippen LogP contribution in [0.25, 0.3) is 0 Å². The maximum Gasteiger partial charge on any atom is 0.253 e. The van der Waals surface area contributed by atoms with E-state index in [9.17, 15) is 4.79 Å². The molecule has 1 amide bonds. The molecular weight excluding hydrogens is 240 g/mol. The monoisotopic (exact) mass is 256 g/mol. The zero-order valence-electron chi connectivity index (χ0n) is 11.0. The molecule has 19 heavy (non-hydrogen) atoms. The van der Waals surface area contributed by atoms with Crippen LogP contribution in [0.3, 0.4) is 0 Å². The lowest BCUT2D eigenvalue weighted by atomic mass is 10.1. The summed E-state index contributed by atoms with van der Waals surface area (Å²) in [5, 5.41) is 2.83. The standard InChI is InChI=1S/C14H16N4O/c1-9-3-4-11(6-16-9)7-18-14(19)13-5-12(15)8-17-10(13)2/h3-6,8H,7,15H2,1-2H3,(H,18,19). The molecule has 98 valence electrons. The van der Waals surface area contributed by atoms with Crippen LogP contribution in [0.15, 0.2) is 30.6 Å². The fraction of sp³-hybridized carbons (Fsp3) is 0.214. The highest BCUT2D eigenvalue weighted by molar-refractivity contribution is 5.95. The molecule has 0 unspecified atom stereocenters. The fourth-order valence-electron chi connectivity index (χ4n) is 1.66. The second-order valence-corrected chi connectivity index (χ2v) is 4.39. The summed E-state index contributed by atoms with van der Waals surface area (Å²) in [7, 11) is 0. The lowest BCUT2D eigenvalue weighted by Gasteiger charge is -2.08. The molecule has 2 rings (SSSR count). The molecule has 0 spiro atoms. The number of nitrogens with zero attached hydrogens (tertiary/aromatic N) is 2. The Balaban J connectivity index is 2.05. The van der Waals surface area contributed by atoms with Crippen LogP contribution < -0.4 is 11.1 Å². The van der Waals surface area contributed by atoms with E-state index in [1.54, 1.807) is 19.2 Å². The van der Waals surface area contributed by atoms with E-state index < -0.39 is 0 Å². The van der Waals surface area contributed by atoms with Crippen molar-refractivity contribution in [3.05, 3.63) is 53.1 Å². The lowest BCUT2D eigenvalue weighted by Crippen LogP contribution is -2.24. The van der Waals surface area contributed by atoms with E-state index in [0.29, 0.717) is 23.5 Å². The Morgan fingerprint density at radius 1 is 1.26 bits per heavy atom. The molecule has 5 nitrogen and oxygen atoms in total. The first kappa shape index (κ1) is 13.0. The molecule has 0 saturated heterocycles. The minimum Gasteiger partial charge on any atom is -0.397 e. The van der Waals surface area contributed by atoms with Crippen LogP contribution in [0.1, 0.15) is 27.3 Å². The highest BCUT2D eigenvalue weighted by atomic mass is 16.1. The molecule has 0 saturated carbocycles. The van der Waals surface area contributed by atoms with Crippen LogP contribution in [0.2, 0.25) is 0 Å².